The van der Waals surface area contributed by atoms with Crippen LogP contribution in [0.2, 0.25) is 0 Å². The monoisotopic (exact) mass is 233 g/mol. The van der Waals surface area contributed by atoms with Gasteiger partial charge in [0.05, 0.1) is 0 Å². The molecule has 0 aliphatic carbocycles. The quantitative estimate of drug-likeness (QED) is 0.766. The van der Waals surface area contributed by atoms with Crippen LogP contribution in [0, 0.1) is 24.6 Å². The molecule has 0 aromatic heterocycles. The molecule has 0 fully saturated rings. The summed E-state index contributed by atoms with van der Waals surface area (Å²) in [5.41, 5.74) is 1.70. The molecule has 0 aliphatic rings. The Morgan fingerprint density at radius 2 is 2.18 bits per heavy atom. The predicted molar refractivity (Wildman–Crippen MR) is 70.2 cm³/mol. The van der Waals surface area contributed by atoms with Gasteiger partial charge in [0.2, 0.25) is 0 Å². The van der Waals surface area contributed by atoms with Crippen molar-refractivity contribution in [2.75, 3.05) is 6.54 Å². The van der Waals surface area contributed by atoms with Crippen molar-refractivity contribution < 1.29 is 4.39 Å². The van der Waals surface area contributed by atoms with E-state index in [1.807, 2.05) is 32.9 Å². The summed E-state index contributed by atoms with van der Waals surface area (Å²) >= 11 is 0. The molecule has 1 aromatic carbocycles. The number of hydrogen-bond donors (Lipinski definition) is 1. The highest BCUT2D eigenvalue weighted by atomic mass is 19.1. The second kappa shape index (κ2) is 7.09. The van der Waals surface area contributed by atoms with Gasteiger partial charge in [0.25, 0.3) is 0 Å². The van der Waals surface area contributed by atoms with Gasteiger partial charge in [-0.25, -0.2) is 4.39 Å². The summed E-state index contributed by atoms with van der Waals surface area (Å²) in [6.07, 6.45) is 1.64. The van der Waals surface area contributed by atoms with E-state index in [2.05, 4.69) is 17.2 Å². The molecule has 17 heavy (non-hydrogen) atoms. The first-order valence-corrected chi connectivity index (χ1v) is 6.08. The fourth-order valence-electron chi connectivity index (χ4n) is 1.87. The Morgan fingerprint density at radius 3 is 2.76 bits per heavy atom. The SMILES string of the molecule is CC#CCCC(NCC)c1ccc(C)cc1F. The molecule has 1 atom stereocenters. The van der Waals surface area contributed by atoms with Gasteiger partial charge in [-0.05, 0) is 38.4 Å². The van der Waals surface area contributed by atoms with E-state index in [9.17, 15) is 4.39 Å². The number of nitrogens with one attached hydrogen (secondary N) is 1. The number of hydrogen-bond acceptors (Lipinski definition) is 1. The van der Waals surface area contributed by atoms with Crippen LogP contribution in [-0.4, -0.2) is 6.54 Å². The zero-order valence-electron chi connectivity index (χ0n) is 10.8. The number of aryl methyl sites for hydroxylation is 1. The smallest absolute Gasteiger partial charge is 0.128 e. The number of halogens is 1. The number of benzene rings is 1. The molecule has 1 nitrogen and oxygen atoms in total. The van der Waals surface area contributed by atoms with E-state index in [1.165, 1.54) is 0 Å². The Balaban J connectivity index is 2.83. The molecular formula is C15H20FN. The van der Waals surface area contributed by atoms with Gasteiger partial charge >= 0.3 is 0 Å². The summed E-state index contributed by atoms with van der Waals surface area (Å²) in [6.45, 7) is 6.59. The molecule has 1 unspecified atom stereocenters. The number of rotatable bonds is 5. The first-order chi connectivity index (χ1) is 8.19. The molecule has 0 saturated heterocycles. The lowest BCUT2D eigenvalue weighted by molar-refractivity contribution is 0.490. The Bertz CT molecular complexity index is 415. The van der Waals surface area contributed by atoms with Crippen molar-refractivity contribution in [2.45, 2.75) is 39.7 Å². The van der Waals surface area contributed by atoms with E-state index >= 15 is 0 Å². The lowest BCUT2D eigenvalue weighted by Crippen LogP contribution is -2.21. The minimum Gasteiger partial charge on any atom is -0.310 e. The fraction of sp³-hybridized carbons (Fsp3) is 0.467. The summed E-state index contributed by atoms with van der Waals surface area (Å²) in [4.78, 5) is 0. The first-order valence-electron chi connectivity index (χ1n) is 6.08. The van der Waals surface area contributed by atoms with Crippen molar-refractivity contribution >= 4 is 0 Å². The maximum absolute atomic E-state index is 13.9. The van der Waals surface area contributed by atoms with Crippen molar-refractivity contribution in [1.82, 2.24) is 5.32 Å². The molecule has 1 rings (SSSR count). The average molecular weight is 233 g/mol. The van der Waals surface area contributed by atoms with Gasteiger partial charge in [0.15, 0.2) is 0 Å². The minimum atomic E-state index is -0.125. The molecule has 0 heterocycles. The van der Waals surface area contributed by atoms with E-state index < -0.39 is 0 Å². The summed E-state index contributed by atoms with van der Waals surface area (Å²) in [7, 11) is 0. The van der Waals surface area contributed by atoms with Crippen molar-refractivity contribution in [3.05, 3.63) is 35.1 Å². The molecule has 92 valence electrons. The highest BCUT2D eigenvalue weighted by molar-refractivity contribution is 5.26. The van der Waals surface area contributed by atoms with Crippen LogP contribution in [0.25, 0.3) is 0 Å². The molecule has 0 radical (unpaired) electrons. The van der Waals surface area contributed by atoms with Gasteiger partial charge in [-0.1, -0.05) is 19.1 Å². The summed E-state index contributed by atoms with van der Waals surface area (Å²) in [5.74, 6) is 5.77. The largest absolute Gasteiger partial charge is 0.310 e. The van der Waals surface area contributed by atoms with Crippen LogP contribution >= 0.6 is 0 Å². The Hall–Kier alpha value is -1.33. The van der Waals surface area contributed by atoms with E-state index in [1.54, 1.807) is 6.07 Å². The van der Waals surface area contributed by atoms with Gasteiger partial charge in [0.1, 0.15) is 5.82 Å². The lowest BCUT2D eigenvalue weighted by atomic mass is 10.00. The molecule has 0 saturated carbocycles. The molecule has 1 aromatic rings. The molecule has 0 spiro atoms. The van der Waals surface area contributed by atoms with E-state index in [0.717, 1.165) is 30.5 Å². The van der Waals surface area contributed by atoms with Crippen molar-refractivity contribution in [1.29, 1.82) is 0 Å². The first kappa shape index (κ1) is 13.7. The Labute approximate surface area is 103 Å². The molecule has 0 aliphatic heterocycles. The Kier molecular flexibility index (Phi) is 5.72. The minimum absolute atomic E-state index is 0.0569. The Morgan fingerprint density at radius 1 is 1.41 bits per heavy atom. The third-order valence-corrected chi connectivity index (χ3v) is 2.72. The van der Waals surface area contributed by atoms with E-state index in [4.69, 9.17) is 0 Å². The molecule has 0 bridgehead atoms. The maximum Gasteiger partial charge on any atom is 0.128 e. The van der Waals surface area contributed by atoms with Crippen molar-refractivity contribution in [3.63, 3.8) is 0 Å². The molecule has 1 N–H and O–H groups in total. The molecular weight excluding hydrogens is 213 g/mol. The van der Waals surface area contributed by atoms with Crippen LogP contribution in [0.15, 0.2) is 18.2 Å². The zero-order chi connectivity index (χ0) is 12.7. The van der Waals surface area contributed by atoms with Gasteiger partial charge in [-0.15, -0.1) is 11.8 Å². The van der Waals surface area contributed by atoms with Crippen molar-refractivity contribution in [3.8, 4) is 11.8 Å². The lowest BCUT2D eigenvalue weighted by Gasteiger charge is -2.18. The third-order valence-electron chi connectivity index (χ3n) is 2.72. The highest BCUT2D eigenvalue weighted by Crippen LogP contribution is 2.22. The third kappa shape index (κ3) is 4.20. The predicted octanol–water partition coefficient (Wildman–Crippen LogP) is 3.59. The van der Waals surface area contributed by atoms with Crippen LogP contribution < -0.4 is 5.32 Å². The second-order valence-electron chi connectivity index (χ2n) is 4.10. The second-order valence-corrected chi connectivity index (χ2v) is 4.10. The maximum atomic E-state index is 13.9. The van der Waals surface area contributed by atoms with Crippen LogP contribution in [0.5, 0.6) is 0 Å². The van der Waals surface area contributed by atoms with E-state index in [0.29, 0.717) is 0 Å². The fourth-order valence-corrected chi connectivity index (χ4v) is 1.87. The average Bonchev–Trinajstić information content (AvgIpc) is 2.28. The van der Waals surface area contributed by atoms with Gasteiger partial charge in [-0.3, -0.25) is 0 Å². The van der Waals surface area contributed by atoms with Gasteiger partial charge in [-0.2, -0.15) is 0 Å². The van der Waals surface area contributed by atoms with Crippen LogP contribution in [0.3, 0.4) is 0 Å². The van der Waals surface area contributed by atoms with Gasteiger partial charge < -0.3 is 5.32 Å². The zero-order valence-corrected chi connectivity index (χ0v) is 10.8. The summed E-state index contributed by atoms with van der Waals surface area (Å²) in [5, 5.41) is 3.31. The summed E-state index contributed by atoms with van der Waals surface area (Å²) in [6, 6.07) is 5.47. The normalized spacial score (nSPS) is 11.8. The van der Waals surface area contributed by atoms with Crippen molar-refractivity contribution in [2.24, 2.45) is 0 Å². The topological polar surface area (TPSA) is 12.0 Å². The molecule has 2 heteroatoms. The van der Waals surface area contributed by atoms with Crippen LogP contribution in [0.4, 0.5) is 4.39 Å². The van der Waals surface area contributed by atoms with Crippen LogP contribution in [0.1, 0.15) is 43.9 Å². The highest BCUT2D eigenvalue weighted by Gasteiger charge is 2.13. The van der Waals surface area contributed by atoms with Crippen LogP contribution in [-0.2, 0) is 0 Å². The molecule has 0 amide bonds. The van der Waals surface area contributed by atoms with E-state index in [-0.39, 0.29) is 11.9 Å². The van der Waals surface area contributed by atoms with Gasteiger partial charge in [0, 0.05) is 18.0 Å². The summed E-state index contributed by atoms with van der Waals surface area (Å²) < 4.78 is 13.9. The standard InChI is InChI=1S/C15H20FN/c1-4-6-7-8-15(17-5-2)13-10-9-12(3)11-14(13)16/h9-11,15,17H,5,7-8H2,1-3H3.